The van der Waals surface area contributed by atoms with Crippen molar-refractivity contribution in [1.82, 2.24) is 10.3 Å². The van der Waals surface area contributed by atoms with E-state index in [9.17, 15) is 0 Å². The number of hydrogen-bond donors (Lipinski definition) is 0. The molecule has 0 bridgehead atoms. The van der Waals surface area contributed by atoms with Gasteiger partial charge in [0, 0.05) is 20.4 Å². The first-order chi connectivity index (χ1) is 4.11. The van der Waals surface area contributed by atoms with Crippen molar-refractivity contribution in [1.29, 1.82) is 0 Å². The maximum atomic E-state index is 4.39. The van der Waals surface area contributed by atoms with Crippen LogP contribution in [0.25, 0.3) is 0 Å². The predicted molar refractivity (Wildman–Crippen MR) is 31.8 cm³/mol. The minimum absolute atomic E-state index is 0. The van der Waals surface area contributed by atoms with Crippen molar-refractivity contribution in [2.45, 2.75) is 26.2 Å². The van der Waals surface area contributed by atoms with E-state index in [2.05, 4.69) is 21.1 Å². The number of hydrogen-bond acceptors (Lipinski definition) is 3. The molecule has 1 aromatic heterocycles. The third-order valence-electron chi connectivity index (χ3n) is 1.03. The Morgan fingerprint density at radius 2 is 2.00 bits per heavy atom. The molecule has 0 amide bonds. The summed E-state index contributed by atoms with van der Waals surface area (Å²) in [6.45, 7) is 6.09. The minimum Gasteiger partial charge on any atom is -0.296 e. The smallest absolute Gasteiger partial charge is 0 e. The molecule has 0 aliphatic carbocycles. The Labute approximate surface area is 73.8 Å². The first kappa shape index (κ1) is 9.80. The Kier molecular flexibility index (Phi) is 3.20. The number of aromatic nitrogens is 2. The van der Waals surface area contributed by atoms with E-state index < -0.39 is 0 Å². The van der Waals surface area contributed by atoms with Gasteiger partial charge < -0.3 is 0 Å². The van der Waals surface area contributed by atoms with Gasteiger partial charge in [0.1, 0.15) is 0 Å². The van der Waals surface area contributed by atoms with Crippen LogP contribution in [-0.4, -0.2) is 10.3 Å². The van der Waals surface area contributed by atoms with Gasteiger partial charge in [0.2, 0.25) is 0 Å². The topological polar surface area (TPSA) is 38.9 Å². The van der Waals surface area contributed by atoms with Crippen molar-refractivity contribution in [3.05, 3.63) is 11.9 Å². The first-order valence-corrected chi connectivity index (χ1v) is 2.81. The maximum absolute atomic E-state index is 4.39. The van der Waals surface area contributed by atoms with Crippen LogP contribution in [0.2, 0.25) is 0 Å². The van der Waals surface area contributed by atoms with Crippen molar-refractivity contribution in [3.63, 3.8) is 0 Å². The van der Waals surface area contributed by atoms with Crippen LogP contribution >= 0.6 is 0 Å². The zero-order valence-corrected chi connectivity index (χ0v) is 8.90. The maximum Gasteiger partial charge on any atom is 0 e. The number of rotatable bonds is 0. The molecule has 0 atom stereocenters. The van der Waals surface area contributed by atoms with Crippen molar-refractivity contribution in [2.24, 2.45) is 0 Å². The second kappa shape index (κ2) is 3.27. The van der Waals surface area contributed by atoms with E-state index in [0.29, 0.717) is 0 Å². The third kappa shape index (κ3) is 2.20. The van der Waals surface area contributed by atoms with Gasteiger partial charge in [0.15, 0.2) is 0 Å². The summed E-state index contributed by atoms with van der Waals surface area (Å²) >= 11 is 0. The quantitative estimate of drug-likeness (QED) is 0.675. The predicted octanol–water partition coefficient (Wildman–Crippen LogP) is 1.16. The van der Waals surface area contributed by atoms with E-state index in [1.54, 1.807) is 0 Å². The largest absolute Gasteiger partial charge is 0.296 e. The fourth-order valence-electron chi connectivity index (χ4n) is 0.450. The molecule has 1 rings (SSSR count). The second-order valence-electron chi connectivity index (χ2n) is 2.97. The average molecular weight is 311 g/mol. The summed E-state index contributed by atoms with van der Waals surface area (Å²) in [7, 11) is 0. The monoisotopic (exact) mass is 312 g/mol. The van der Waals surface area contributed by atoms with Crippen LogP contribution in [0.1, 0.15) is 26.5 Å². The summed E-state index contributed by atoms with van der Waals surface area (Å²) in [6.07, 6.45) is 2.65. The van der Waals surface area contributed by atoms with Gasteiger partial charge in [-0.25, -0.2) is 0 Å². The molecule has 0 N–H and O–H groups in total. The minimum atomic E-state index is 0. The Morgan fingerprint density at radius 1 is 1.40 bits per heavy atom. The molecular weight excluding hydrogens is 302 g/mol. The van der Waals surface area contributed by atoms with Crippen molar-refractivity contribution in [3.8, 4) is 0 Å². The molecule has 3 nitrogen and oxygen atoms in total. The standard InChI is InChI=1S/C6H9N2O.Re/c1-6(2,3)5-4-7-9-8-5;/h1-3H3;/q-1;. The molecule has 0 unspecified atom stereocenters. The fourth-order valence-corrected chi connectivity index (χ4v) is 0.450. The van der Waals surface area contributed by atoms with Gasteiger partial charge in [0.05, 0.1) is 0 Å². The Morgan fingerprint density at radius 3 is 2.20 bits per heavy atom. The third-order valence-corrected chi connectivity index (χ3v) is 1.03. The molecule has 57 valence electrons. The molecule has 4 heteroatoms. The van der Waals surface area contributed by atoms with Crippen LogP contribution in [0.4, 0.5) is 0 Å². The summed E-state index contributed by atoms with van der Waals surface area (Å²) in [5, 5.41) is 7.02. The molecule has 0 fully saturated rings. The van der Waals surface area contributed by atoms with E-state index in [1.165, 1.54) is 0 Å². The average Bonchev–Trinajstić information content (AvgIpc) is 2.08. The molecule has 0 aromatic carbocycles. The Hall–Kier alpha value is -0.198. The Balaban J connectivity index is 0.000000810. The van der Waals surface area contributed by atoms with E-state index in [-0.39, 0.29) is 25.8 Å². The normalized spacial score (nSPS) is 10.7. The van der Waals surface area contributed by atoms with Gasteiger partial charge in [0.25, 0.3) is 0 Å². The molecule has 0 spiro atoms. The van der Waals surface area contributed by atoms with Crippen LogP contribution in [-0.2, 0) is 25.8 Å². The molecule has 1 heterocycles. The van der Waals surface area contributed by atoms with Gasteiger partial charge in [-0.3, -0.25) is 16.0 Å². The molecule has 0 saturated heterocycles. The van der Waals surface area contributed by atoms with Gasteiger partial charge in [-0.2, -0.15) is 0 Å². The summed E-state index contributed by atoms with van der Waals surface area (Å²) in [5.74, 6) is 0. The van der Waals surface area contributed by atoms with Gasteiger partial charge in [-0.15, -0.1) is 0 Å². The molecule has 0 aliphatic rings. The zero-order valence-electron chi connectivity index (χ0n) is 6.18. The van der Waals surface area contributed by atoms with Gasteiger partial charge >= 0.3 is 0 Å². The van der Waals surface area contributed by atoms with E-state index >= 15 is 0 Å². The number of nitrogens with zero attached hydrogens (tertiary/aromatic N) is 2. The van der Waals surface area contributed by atoms with Gasteiger partial charge in [-0.1, -0.05) is 31.6 Å². The van der Waals surface area contributed by atoms with Crippen molar-refractivity contribution < 1.29 is 25.1 Å². The molecule has 1 radical (unpaired) electrons. The van der Waals surface area contributed by atoms with Crippen LogP contribution < -0.4 is 0 Å². The molecule has 0 aliphatic heterocycles. The zero-order chi connectivity index (χ0) is 6.91. The van der Waals surface area contributed by atoms with Crippen LogP contribution in [0, 0.1) is 6.20 Å². The first-order valence-electron chi connectivity index (χ1n) is 2.81. The van der Waals surface area contributed by atoms with E-state index in [4.69, 9.17) is 0 Å². The molecule has 1 aromatic rings. The molecular formula is C6H9N2ORe-. The summed E-state index contributed by atoms with van der Waals surface area (Å²) < 4.78 is 4.39. The molecule has 10 heavy (non-hydrogen) atoms. The summed E-state index contributed by atoms with van der Waals surface area (Å²) in [5.41, 5.74) is 0.766. The van der Waals surface area contributed by atoms with Crippen LogP contribution in [0.5, 0.6) is 0 Å². The van der Waals surface area contributed by atoms with Crippen LogP contribution in [0.15, 0.2) is 4.63 Å². The van der Waals surface area contributed by atoms with Crippen molar-refractivity contribution in [2.75, 3.05) is 0 Å². The SMILES string of the molecule is CC(C)(C)c1[c-]non1.[Re]. The van der Waals surface area contributed by atoms with Crippen LogP contribution in [0.3, 0.4) is 0 Å². The van der Waals surface area contributed by atoms with E-state index in [0.717, 1.165) is 5.69 Å². The van der Waals surface area contributed by atoms with Gasteiger partial charge in [-0.05, 0) is 5.41 Å². The fraction of sp³-hybridized carbons (Fsp3) is 0.667. The molecule has 0 saturated carbocycles. The summed E-state index contributed by atoms with van der Waals surface area (Å²) in [6, 6.07) is 0. The Bertz CT molecular complexity index is 178. The van der Waals surface area contributed by atoms with E-state index in [1.807, 2.05) is 20.8 Å². The van der Waals surface area contributed by atoms with Crippen molar-refractivity contribution >= 4 is 0 Å². The second-order valence-corrected chi connectivity index (χ2v) is 2.97. The summed E-state index contributed by atoms with van der Waals surface area (Å²) in [4.78, 5) is 0.